The Hall–Kier alpha value is -4.91. The van der Waals surface area contributed by atoms with Crippen molar-refractivity contribution in [2.75, 3.05) is 6.61 Å². The summed E-state index contributed by atoms with van der Waals surface area (Å²) in [6, 6.07) is 28.6. The van der Waals surface area contributed by atoms with Gasteiger partial charge in [-0.3, -0.25) is 4.79 Å². The zero-order valence-electron chi connectivity index (χ0n) is 21.9. The number of esters is 1. The summed E-state index contributed by atoms with van der Waals surface area (Å²) in [5.41, 5.74) is 6.40. The highest BCUT2D eigenvalue weighted by molar-refractivity contribution is 5.95. The molecular formula is C32H30N2O5. The Labute approximate surface area is 228 Å². The SMILES string of the molecule is CCCOc1ccc(C(=O)Oc2ccc(/C=N/NC(=O)c3ccc(OCc4ccc(C)cc4)cc3)cc2)cc1. The summed E-state index contributed by atoms with van der Waals surface area (Å²) in [5.74, 6) is 0.987. The van der Waals surface area contributed by atoms with E-state index in [-0.39, 0.29) is 5.91 Å². The van der Waals surface area contributed by atoms with Gasteiger partial charge in [0.2, 0.25) is 0 Å². The summed E-state index contributed by atoms with van der Waals surface area (Å²) in [5, 5.41) is 4.02. The van der Waals surface area contributed by atoms with Crippen molar-refractivity contribution in [2.24, 2.45) is 5.10 Å². The molecule has 7 heteroatoms. The van der Waals surface area contributed by atoms with Gasteiger partial charge < -0.3 is 14.2 Å². The van der Waals surface area contributed by atoms with Gasteiger partial charge >= 0.3 is 5.97 Å². The van der Waals surface area contributed by atoms with Crippen LogP contribution in [0.2, 0.25) is 0 Å². The third kappa shape index (κ3) is 8.30. The molecule has 0 saturated heterocycles. The number of aryl methyl sites for hydroxylation is 1. The molecule has 0 aliphatic heterocycles. The molecule has 1 N–H and O–H groups in total. The van der Waals surface area contributed by atoms with Crippen LogP contribution >= 0.6 is 0 Å². The third-order valence-electron chi connectivity index (χ3n) is 5.68. The lowest BCUT2D eigenvalue weighted by Crippen LogP contribution is -2.17. The first-order valence-electron chi connectivity index (χ1n) is 12.7. The van der Waals surface area contributed by atoms with Crippen LogP contribution in [0.15, 0.2) is 102 Å². The van der Waals surface area contributed by atoms with E-state index in [1.807, 2.05) is 38.1 Å². The molecular weight excluding hydrogens is 492 g/mol. The second kappa shape index (κ2) is 13.6. The summed E-state index contributed by atoms with van der Waals surface area (Å²) in [7, 11) is 0. The normalized spacial score (nSPS) is 10.7. The fourth-order valence-corrected chi connectivity index (χ4v) is 3.48. The lowest BCUT2D eigenvalue weighted by Gasteiger charge is -2.07. The molecule has 0 heterocycles. The Balaban J connectivity index is 1.23. The zero-order valence-corrected chi connectivity index (χ0v) is 21.9. The Bertz CT molecular complexity index is 1400. The number of nitrogens with zero attached hydrogens (tertiary/aromatic N) is 1. The highest BCUT2D eigenvalue weighted by Gasteiger charge is 2.09. The molecule has 0 aromatic heterocycles. The van der Waals surface area contributed by atoms with E-state index < -0.39 is 5.97 Å². The molecule has 0 aliphatic carbocycles. The van der Waals surface area contributed by atoms with Crippen LogP contribution in [0.3, 0.4) is 0 Å². The van der Waals surface area contributed by atoms with Crippen molar-refractivity contribution in [3.8, 4) is 17.2 Å². The standard InChI is InChI=1S/C32H30N2O5/c1-3-20-37-28-18-12-27(13-19-28)32(36)39-30-14-8-24(9-15-30)21-33-34-31(35)26-10-16-29(17-11-26)38-22-25-6-4-23(2)5-7-25/h4-19,21H,3,20,22H2,1-2H3,(H,34,35)/b33-21+. The lowest BCUT2D eigenvalue weighted by molar-refractivity contribution is 0.0734. The van der Waals surface area contributed by atoms with Crippen LogP contribution < -0.4 is 19.6 Å². The zero-order chi connectivity index (χ0) is 27.5. The first-order valence-corrected chi connectivity index (χ1v) is 12.7. The minimum absolute atomic E-state index is 0.340. The number of carbonyl (C=O) groups excluding carboxylic acids is 2. The van der Waals surface area contributed by atoms with Crippen molar-refractivity contribution in [3.05, 3.63) is 125 Å². The average Bonchev–Trinajstić information content (AvgIpc) is 2.97. The molecule has 0 spiro atoms. The van der Waals surface area contributed by atoms with Crippen LogP contribution in [0.1, 0.15) is 50.8 Å². The van der Waals surface area contributed by atoms with Gasteiger partial charge in [0.25, 0.3) is 5.91 Å². The number of amides is 1. The molecule has 1 amide bonds. The minimum atomic E-state index is -0.461. The van der Waals surface area contributed by atoms with E-state index in [0.717, 1.165) is 17.5 Å². The summed E-state index contributed by atoms with van der Waals surface area (Å²) in [4.78, 5) is 24.8. The van der Waals surface area contributed by atoms with E-state index in [1.54, 1.807) is 72.8 Å². The van der Waals surface area contributed by atoms with Gasteiger partial charge in [-0.05, 0) is 97.3 Å². The highest BCUT2D eigenvalue weighted by atomic mass is 16.5. The second-order valence-electron chi connectivity index (χ2n) is 8.83. The fraction of sp³-hybridized carbons (Fsp3) is 0.156. The largest absolute Gasteiger partial charge is 0.494 e. The van der Waals surface area contributed by atoms with E-state index in [2.05, 4.69) is 10.5 Å². The number of hydrogen-bond donors (Lipinski definition) is 1. The van der Waals surface area contributed by atoms with E-state index in [4.69, 9.17) is 14.2 Å². The predicted octanol–water partition coefficient (Wildman–Crippen LogP) is 6.35. The maximum absolute atomic E-state index is 12.4. The maximum atomic E-state index is 12.4. The Morgan fingerprint density at radius 3 is 1.97 bits per heavy atom. The van der Waals surface area contributed by atoms with Crippen LogP contribution in [-0.4, -0.2) is 24.7 Å². The van der Waals surface area contributed by atoms with Crippen LogP contribution in [0.25, 0.3) is 0 Å². The summed E-state index contributed by atoms with van der Waals surface area (Å²) in [6.45, 7) is 5.15. The van der Waals surface area contributed by atoms with Gasteiger partial charge in [0.1, 0.15) is 23.9 Å². The van der Waals surface area contributed by atoms with Crippen molar-refractivity contribution in [1.29, 1.82) is 0 Å². The molecule has 4 aromatic carbocycles. The van der Waals surface area contributed by atoms with Crippen molar-refractivity contribution in [2.45, 2.75) is 26.9 Å². The second-order valence-corrected chi connectivity index (χ2v) is 8.83. The molecule has 4 aromatic rings. The molecule has 0 fully saturated rings. The summed E-state index contributed by atoms with van der Waals surface area (Å²) in [6.07, 6.45) is 2.42. The van der Waals surface area contributed by atoms with Crippen LogP contribution in [0, 0.1) is 6.92 Å². The van der Waals surface area contributed by atoms with E-state index in [0.29, 0.717) is 41.6 Å². The Morgan fingerprint density at radius 2 is 1.33 bits per heavy atom. The van der Waals surface area contributed by atoms with Gasteiger partial charge in [0.05, 0.1) is 18.4 Å². The summed E-state index contributed by atoms with van der Waals surface area (Å²) >= 11 is 0. The number of ether oxygens (including phenoxy) is 3. The van der Waals surface area contributed by atoms with Gasteiger partial charge in [0, 0.05) is 5.56 Å². The maximum Gasteiger partial charge on any atom is 0.343 e. The van der Waals surface area contributed by atoms with Gasteiger partial charge in [0.15, 0.2) is 0 Å². The number of rotatable bonds is 11. The molecule has 198 valence electrons. The van der Waals surface area contributed by atoms with Crippen molar-refractivity contribution in [3.63, 3.8) is 0 Å². The first kappa shape index (κ1) is 27.1. The highest BCUT2D eigenvalue weighted by Crippen LogP contribution is 2.17. The molecule has 0 saturated carbocycles. The number of hydrogen-bond acceptors (Lipinski definition) is 6. The molecule has 0 aliphatic rings. The Kier molecular flexibility index (Phi) is 9.45. The van der Waals surface area contributed by atoms with Crippen LogP contribution in [0.4, 0.5) is 0 Å². The molecule has 0 unspecified atom stereocenters. The van der Waals surface area contributed by atoms with E-state index in [1.165, 1.54) is 11.8 Å². The average molecular weight is 523 g/mol. The quantitative estimate of drug-likeness (QED) is 0.107. The topological polar surface area (TPSA) is 86.2 Å². The summed E-state index contributed by atoms with van der Waals surface area (Å²) < 4.78 is 16.7. The molecule has 4 rings (SSSR count). The van der Waals surface area contributed by atoms with Crippen LogP contribution in [-0.2, 0) is 6.61 Å². The monoisotopic (exact) mass is 522 g/mol. The van der Waals surface area contributed by atoms with E-state index in [9.17, 15) is 9.59 Å². The van der Waals surface area contributed by atoms with Crippen molar-refractivity contribution < 1.29 is 23.8 Å². The number of hydrazone groups is 1. The lowest BCUT2D eigenvalue weighted by atomic mass is 10.2. The minimum Gasteiger partial charge on any atom is -0.494 e. The van der Waals surface area contributed by atoms with Gasteiger partial charge in [-0.2, -0.15) is 5.10 Å². The van der Waals surface area contributed by atoms with Gasteiger partial charge in [-0.15, -0.1) is 0 Å². The number of nitrogens with one attached hydrogen (secondary N) is 1. The van der Waals surface area contributed by atoms with Gasteiger partial charge in [-0.25, -0.2) is 10.2 Å². The van der Waals surface area contributed by atoms with E-state index >= 15 is 0 Å². The molecule has 39 heavy (non-hydrogen) atoms. The van der Waals surface area contributed by atoms with Crippen molar-refractivity contribution in [1.82, 2.24) is 5.43 Å². The first-order chi connectivity index (χ1) is 19.0. The Morgan fingerprint density at radius 1 is 0.744 bits per heavy atom. The molecule has 0 radical (unpaired) electrons. The predicted molar refractivity (Wildman–Crippen MR) is 151 cm³/mol. The molecule has 7 nitrogen and oxygen atoms in total. The fourth-order valence-electron chi connectivity index (χ4n) is 3.48. The molecule has 0 bridgehead atoms. The molecule has 0 atom stereocenters. The third-order valence-corrected chi connectivity index (χ3v) is 5.68. The smallest absolute Gasteiger partial charge is 0.343 e. The van der Waals surface area contributed by atoms with Crippen LogP contribution in [0.5, 0.6) is 17.2 Å². The van der Waals surface area contributed by atoms with Crippen molar-refractivity contribution >= 4 is 18.1 Å². The number of benzene rings is 4. The van der Waals surface area contributed by atoms with Gasteiger partial charge in [-0.1, -0.05) is 36.8 Å². The number of carbonyl (C=O) groups is 2.